The maximum Gasteiger partial charge on any atom is 0.216 e. The fraction of sp³-hybridized carbons (Fsp3) is 0.588. The molecule has 7 nitrogen and oxygen atoms in total. The zero-order valence-corrected chi connectivity index (χ0v) is 14.7. The van der Waals surface area contributed by atoms with Crippen LogP contribution in [-0.4, -0.2) is 52.9 Å². The predicted octanol–water partition coefficient (Wildman–Crippen LogP) is 1.37. The number of amides is 1. The second kappa shape index (κ2) is 6.39. The molecule has 1 N–H and O–H groups in total. The molecule has 7 heteroatoms. The first kappa shape index (κ1) is 16.7. The van der Waals surface area contributed by atoms with Crippen molar-refractivity contribution >= 4 is 17.2 Å². The summed E-state index contributed by atoms with van der Waals surface area (Å²) in [5, 5.41) is 7.50. The first-order valence-electron chi connectivity index (χ1n) is 8.30. The largest absolute Gasteiger partial charge is 0.373 e. The van der Waals surface area contributed by atoms with E-state index in [9.17, 15) is 4.79 Å². The lowest BCUT2D eigenvalue weighted by molar-refractivity contribution is -0.119. The van der Waals surface area contributed by atoms with Crippen LogP contribution in [0.25, 0.3) is 5.52 Å². The number of nitrogens with one attached hydrogen (secondary N) is 1. The number of nitrogens with zero attached hydrogens (tertiary/aromatic N) is 4. The van der Waals surface area contributed by atoms with E-state index in [-0.39, 0.29) is 17.4 Å². The van der Waals surface area contributed by atoms with E-state index < -0.39 is 0 Å². The van der Waals surface area contributed by atoms with E-state index in [4.69, 9.17) is 4.74 Å². The molecule has 0 radical (unpaired) electrons. The summed E-state index contributed by atoms with van der Waals surface area (Å²) in [6.45, 7) is 10.6. The van der Waals surface area contributed by atoms with Crippen LogP contribution < -0.4 is 10.2 Å². The monoisotopic (exact) mass is 331 g/mol. The standard InChI is InChI=1S/C17H25N5O2/c1-12(23)19-10-13-11-21(7-8-24-13)16-14-9-15(17(2,3)4)20-22(14)6-5-18-16/h5-6,9,13H,7-8,10-11H2,1-4H3,(H,19,23)/t13-/m0/s1. The molecular weight excluding hydrogens is 306 g/mol. The number of aromatic nitrogens is 3. The van der Waals surface area contributed by atoms with Gasteiger partial charge in [0.05, 0.1) is 18.4 Å². The Hall–Kier alpha value is -2.15. The molecule has 0 bridgehead atoms. The van der Waals surface area contributed by atoms with Gasteiger partial charge in [-0.2, -0.15) is 5.10 Å². The van der Waals surface area contributed by atoms with E-state index in [2.05, 4.69) is 47.1 Å². The van der Waals surface area contributed by atoms with Crippen LogP contribution in [0.4, 0.5) is 5.82 Å². The highest BCUT2D eigenvalue weighted by Crippen LogP contribution is 2.27. The number of morpholine rings is 1. The van der Waals surface area contributed by atoms with Crippen molar-refractivity contribution in [2.24, 2.45) is 0 Å². The number of ether oxygens (including phenoxy) is 1. The highest BCUT2D eigenvalue weighted by Gasteiger charge is 2.25. The number of carbonyl (C=O) groups is 1. The van der Waals surface area contributed by atoms with Crippen molar-refractivity contribution in [3.8, 4) is 0 Å². The Bertz CT molecular complexity index is 734. The molecule has 1 fully saturated rings. The van der Waals surface area contributed by atoms with Crippen molar-refractivity contribution in [2.75, 3.05) is 31.1 Å². The summed E-state index contributed by atoms with van der Waals surface area (Å²) < 4.78 is 7.64. The summed E-state index contributed by atoms with van der Waals surface area (Å²) in [4.78, 5) is 17.9. The Kier molecular flexibility index (Phi) is 4.45. The Morgan fingerprint density at radius 1 is 1.46 bits per heavy atom. The van der Waals surface area contributed by atoms with Crippen molar-refractivity contribution in [3.05, 3.63) is 24.2 Å². The topological polar surface area (TPSA) is 71.8 Å². The molecule has 0 unspecified atom stereocenters. The maximum atomic E-state index is 11.1. The maximum absolute atomic E-state index is 11.1. The molecule has 0 saturated carbocycles. The van der Waals surface area contributed by atoms with Crippen LogP contribution in [0.2, 0.25) is 0 Å². The Labute approximate surface area is 142 Å². The molecule has 0 spiro atoms. The van der Waals surface area contributed by atoms with E-state index in [1.807, 2.05) is 10.7 Å². The van der Waals surface area contributed by atoms with Gasteiger partial charge in [-0.25, -0.2) is 9.50 Å². The third-order valence-corrected chi connectivity index (χ3v) is 4.15. The minimum Gasteiger partial charge on any atom is -0.373 e. The molecular formula is C17H25N5O2. The fourth-order valence-electron chi connectivity index (χ4n) is 2.81. The summed E-state index contributed by atoms with van der Waals surface area (Å²) in [5.41, 5.74) is 2.03. The van der Waals surface area contributed by atoms with Crippen LogP contribution in [0.1, 0.15) is 33.4 Å². The van der Waals surface area contributed by atoms with Crippen molar-refractivity contribution in [3.63, 3.8) is 0 Å². The molecule has 3 heterocycles. The van der Waals surface area contributed by atoms with E-state index in [0.717, 1.165) is 23.6 Å². The van der Waals surface area contributed by atoms with E-state index in [0.29, 0.717) is 19.7 Å². The van der Waals surface area contributed by atoms with Crippen LogP contribution in [0.3, 0.4) is 0 Å². The number of anilines is 1. The van der Waals surface area contributed by atoms with E-state index in [1.165, 1.54) is 6.92 Å². The van der Waals surface area contributed by atoms with Gasteiger partial charge < -0.3 is 15.0 Å². The average molecular weight is 331 g/mol. The summed E-state index contributed by atoms with van der Waals surface area (Å²) in [6.07, 6.45) is 3.62. The first-order valence-corrected chi connectivity index (χ1v) is 8.30. The molecule has 1 aliphatic heterocycles. The first-order chi connectivity index (χ1) is 11.3. The second-order valence-corrected chi connectivity index (χ2v) is 7.24. The third kappa shape index (κ3) is 3.51. The van der Waals surface area contributed by atoms with Crippen molar-refractivity contribution < 1.29 is 9.53 Å². The van der Waals surface area contributed by atoms with Crippen LogP contribution in [-0.2, 0) is 14.9 Å². The van der Waals surface area contributed by atoms with Crippen molar-refractivity contribution in [2.45, 2.75) is 39.2 Å². The lowest BCUT2D eigenvalue weighted by Crippen LogP contribution is -2.47. The lowest BCUT2D eigenvalue weighted by Gasteiger charge is -2.33. The van der Waals surface area contributed by atoms with Gasteiger partial charge in [0.2, 0.25) is 5.91 Å². The highest BCUT2D eigenvalue weighted by molar-refractivity contribution is 5.73. The molecule has 1 amide bonds. The van der Waals surface area contributed by atoms with Crippen molar-refractivity contribution in [1.82, 2.24) is 19.9 Å². The minimum atomic E-state index is -0.0402. The molecule has 3 rings (SSSR count). The summed E-state index contributed by atoms with van der Waals surface area (Å²) in [7, 11) is 0. The van der Waals surface area contributed by atoms with E-state index >= 15 is 0 Å². The number of hydrogen-bond acceptors (Lipinski definition) is 5. The third-order valence-electron chi connectivity index (χ3n) is 4.15. The minimum absolute atomic E-state index is 0.0117. The SMILES string of the molecule is CC(=O)NC[C@H]1CN(c2nccn3nc(C(C)(C)C)cc23)CCO1. The van der Waals surface area contributed by atoms with Gasteiger partial charge in [-0.05, 0) is 6.07 Å². The molecule has 0 aromatic carbocycles. The summed E-state index contributed by atoms with van der Waals surface area (Å²) >= 11 is 0. The molecule has 2 aromatic rings. The highest BCUT2D eigenvalue weighted by atomic mass is 16.5. The molecule has 1 aliphatic rings. The zero-order chi connectivity index (χ0) is 17.3. The van der Waals surface area contributed by atoms with Crippen LogP contribution in [0, 0.1) is 0 Å². The number of carbonyl (C=O) groups excluding carboxylic acids is 1. The Morgan fingerprint density at radius 3 is 2.96 bits per heavy atom. The van der Waals surface area contributed by atoms with Gasteiger partial charge in [0.25, 0.3) is 0 Å². The molecule has 0 aliphatic carbocycles. The van der Waals surface area contributed by atoms with Crippen LogP contribution >= 0.6 is 0 Å². The molecule has 2 aromatic heterocycles. The predicted molar refractivity (Wildman–Crippen MR) is 92.3 cm³/mol. The van der Waals surface area contributed by atoms with Gasteiger partial charge in [0.15, 0.2) is 5.82 Å². The van der Waals surface area contributed by atoms with Gasteiger partial charge in [-0.15, -0.1) is 0 Å². The van der Waals surface area contributed by atoms with Gasteiger partial charge in [-0.3, -0.25) is 4.79 Å². The van der Waals surface area contributed by atoms with Crippen molar-refractivity contribution in [1.29, 1.82) is 0 Å². The molecule has 130 valence electrons. The van der Waals surface area contributed by atoms with Gasteiger partial charge >= 0.3 is 0 Å². The van der Waals surface area contributed by atoms with E-state index in [1.54, 1.807) is 6.20 Å². The Balaban J connectivity index is 1.85. The average Bonchev–Trinajstić information content (AvgIpc) is 2.97. The smallest absolute Gasteiger partial charge is 0.216 e. The summed E-state index contributed by atoms with van der Waals surface area (Å²) in [6, 6.07) is 2.11. The van der Waals surface area contributed by atoms with Gasteiger partial charge in [-0.1, -0.05) is 20.8 Å². The number of rotatable bonds is 3. The molecule has 1 atom stereocenters. The molecule has 24 heavy (non-hydrogen) atoms. The van der Waals surface area contributed by atoms with Gasteiger partial charge in [0, 0.05) is 44.4 Å². The molecule has 1 saturated heterocycles. The number of hydrogen-bond donors (Lipinski definition) is 1. The fourth-order valence-corrected chi connectivity index (χ4v) is 2.81. The van der Waals surface area contributed by atoms with Crippen LogP contribution in [0.15, 0.2) is 18.5 Å². The second-order valence-electron chi connectivity index (χ2n) is 7.24. The summed E-state index contributed by atoms with van der Waals surface area (Å²) in [5.74, 6) is 0.873. The zero-order valence-electron chi connectivity index (χ0n) is 14.7. The normalized spacial score (nSPS) is 18.8. The van der Waals surface area contributed by atoms with Crippen LogP contribution in [0.5, 0.6) is 0 Å². The Morgan fingerprint density at radius 2 is 2.25 bits per heavy atom. The number of fused-ring (bicyclic) bond motifs is 1. The quantitative estimate of drug-likeness (QED) is 0.920. The lowest BCUT2D eigenvalue weighted by atomic mass is 9.92. The van der Waals surface area contributed by atoms with Gasteiger partial charge in [0.1, 0.15) is 5.52 Å².